The molecule has 8 N–H and O–H groups in total. The third kappa shape index (κ3) is 10.2. The molecule has 4 rings (SSSR count). The van der Waals surface area contributed by atoms with Crippen molar-refractivity contribution in [1.29, 1.82) is 0 Å². The molecule has 2 aromatic carbocycles. The Hall–Kier alpha value is -6.18. The zero-order valence-electron chi connectivity index (χ0n) is 29.5. The van der Waals surface area contributed by atoms with Crippen LogP contribution in [0.1, 0.15) is 62.6 Å². The summed E-state index contributed by atoms with van der Waals surface area (Å²) in [6.07, 6.45) is -0.662. The first-order valence-electron chi connectivity index (χ1n) is 16.3. The van der Waals surface area contributed by atoms with Crippen molar-refractivity contribution in [3.63, 3.8) is 0 Å². The van der Waals surface area contributed by atoms with Crippen LogP contribution in [0.3, 0.4) is 0 Å². The molecule has 2 heterocycles. The van der Waals surface area contributed by atoms with E-state index in [1.165, 1.54) is 28.1 Å². The van der Waals surface area contributed by atoms with Gasteiger partial charge in [-0.15, -0.1) is 0 Å². The van der Waals surface area contributed by atoms with Crippen LogP contribution in [-0.4, -0.2) is 92.7 Å². The number of imidazole rings is 2. The number of nitrogens with zero attached hydrogens (tertiary/aromatic N) is 2. The van der Waals surface area contributed by atoms with E-state index in [-0.39, 0.29) is 0 Å². The Kier molecular flexibility index (Phi) is 13.1. The molecule has 6 atom stereocenters. The molecule has 4 amide bonds. The van der Waals surface area contributed by atoms with Gasteiger partial charge in [0.2, 0.25) is 11.8 Å². The second kappa shape index (κ2) is 17.7. The van der Waals surface area contributed by atoms with Crippen LogP contribution in [0, 0.1) is 11.8 Å². The van der Waals surface area contributed by atoms with Crippen molar-refractivity contribution in [3.05, 3.63) is 83.7 Å². The Labute approximate surface area is 300 Å². The molecule has 0 aliphatic heterocycles. The van der Waals surface area contributed by atoms with Crippen molar-refractivity contribution in [3.8, 4) is 34.4 Å². The van der Waals surface area contributed by atoms with Gasteiger partial charge >= 0.3 is 12.2 Å². The Morgan fingerprint density at radius 2 is 0.962 bits per heavy atom. The highest BCUT2D eigenvalue weighted by molar-refractivity contribution is 5.87. The molecule has 0 fully saturated rings. The second-order valence-electron chi connectivity index (χ2n) is 11.9. The minimum atomic E-state index is -1.20. The topological polar surface area (TPSA) is 233 Å². The maximum atomic E-state index is 12.7. The molecule has 16 heteroatoms. The number of alkyl carbamates (subject to hydrolysis) is 2. The van der Waals surface area contributed by atoms with Gasteiger partial charge in [-0.1, -0.05) is 36.1 Å². The fraction of sp³-hybridized carbons (Fsp3) is 0.333. The molecule has 0 spiro atoms. The highest BCUT2D eigenvalue weighted by Crippen LogP contribution is 2.22. The smallest absolute Gasteiger partial charge is 0.407 e. The van der Waals surface area contributed by atoms with Crippen LogP contribution in [0.4, 0.5) is 9.59 Å². The third-order valence-corrected chi connectivity index (χ3v) is 7.92. The van der Waals surface area contributed by atoms with Crippen LogP contribution in [-0.2, 0) is 19.1 Å². The van der Waals surface area contributed by atoms with Gasteiger partial charge in [0.15, 0.2) is 0 Å². The van der Waals surface area contributed by atoms with Crippen LogP contribution < -0.4 is 21.3 Å². The van der Waals surface area contributed by atoms with Gasteiger partial charge in [-0.3, -0.25) is 9.59 Å². The number of amides is 4. The lowest BCUT2D eigenvalue weighted by atomic mass is 10.1. The van der Waals surface area contributed by atoms with E-state index in [1.54, 1.807) is 26.2 Å². The minimum absolute atomic E-state index is 0.488. The van der Waals surface area contributed by atoms with E-state index in [0.717, 1.165) is 33.6 Å². The maximum Gasteiger partial charge on any atom is 0.407 e. The quantitative estimate of drug-likeness (QED) is 0.0999. The third-order valence-electron chi connectivity index (χ3n) is 7.92. The number of carbonyl (C=O) groups is 4. The van der Waals surface area contributed by atoms with Crippen molar-refractivity contribution in [2.24, 2.45) is 0 Å². The average Bonchev–Trinajstić information content (AvgIpc) is 3.83. The van der Waals surface area contributed by atoms with Crippen molar-refractivity contribution in [2.75, 3.05) is 14.2 Å². The molecule has 4 aromatic rings. The Morgan fingerprint density at radius 1 is 0.615 bits per heavy atom. The lowest BCUT2D eigenvalue weighted by molar-refractivity contribution is -0.127. The zero-order chi connectivity index (χ0) is 37.9. The normalized spacial score (nSPS) is 14.2. The highest BCUT2D eigenvalue weighted by atomic mass is 16.5. The lowest BCUT2D eigenvalue weighted by Gasteiger charge is -2.22. The van der Waals surface area contributed by atoms with E-state index in [9.17, 15) is 29.4 Å². The molecule has 0 aliphatic rings. The van der Waals surface area contributed by atoms with Crippen molar-refractivity contribution in [2.45, 2.75) is 64.1 Å². The number of H-pyrrole nitrogens is 2. The van der Waals surface area contributed by atoms with E-state index >= 15 is 0 Å². The van der Waals surface area contributed by atoms with Gasteiger partial charge in [0.25, 0.3) is 0 Å². The summed E-state index contributed by atoms with van der Waals surface area (Å²) in [5, 5.41) is 29.9. The fourth-order valence-corrected chi connectivity index (χ4v) is 4.94. The predicted octanol–water partition coefficient (Wildman–Crippen LogP) is 2.43. The van der Waals surface area contributed by atoms with Crippen molar-refractivity contribution in [1.82, 2.24) is 41.2 Å². The zero-order valence-corrected chi connectivity index (χ0v) is 29.5. The largest absolute Gasteiger partial charge is 0.453 e. The summed E-state index contributed by atoms with van der Waals surface area (Å²) >= 11 is 0. The van der Waals surface area contributed by atoms with E-state index in [2.05, 4.69) is 62.5 Å². The molecule has 0 radical (unpaired) electrons. The Morgan fingerprint density at radius 3 is 1.27 bits per heavy atom. The fourth-order valence-electron chi connectivity index (χ4n) is 4.94. The molecule has 0 bridgehead atoms. The number of benzene rings is 2. The van der Waals surface area contributed by atoms with Gasteiger partial charge < -0.3 is 50.9 Å². The summed E-state index contributed by atoms with van der Waals surface area (Å²) in [7, 11) is 2.33. The molecule has 16 nitrogen and oxygen atoms in total. The van der Waals surface area contributed by atoms with Crippen LogP contribution >= 0.6 is 0 Å². The number of hydrogen-bond acceptors (Lipinski definition) is 10. The summed E-state index contributed by atoms with van der Waals surface area (Å²) in [4.78, 5) is 63.6. The standard InChI is InChI=1S/C36H42N8O8/c1-19(39-33(47)29(21(3)45)43-35(49)51-5)31-37-17-27(41-31)25-13-9-23(10-14-25)7-8-24-11-15-26(16-12-24)28-18-38-32(42-28)20(2)40-34(48)30(22(4)46)44-36(50)52-6/h9-22,29-30,45-46H,1-6H3,(H,37,41)(H,38,42)(H,39,47)(H,40,48)(H,43,49)(H,44,50). The monoisotopic (exact) mass is 714 g/mol. The molecule has 6 unspecified atom stereocenters. The average molecular weight is 715 g/mol. The van der Waals surface area contributed by atoms with Gasteiger partial charge in [0, 0.05) is 11.1 Å². The van der Waals surface area contributed by atoms with Gasteiger partial charge in [0.05, 0.1) is 62.3 Å². The van der Waals surface area contributed by atoms with Gasteiger partial charge in [-0.25, -0.2) is 19.6 Å². The van der Waals surface area contributed by atoms with Gasteiger partial charge in [-0.05, 0) is 63.1 Å². The number of methoxy groups -OCH3 is 2. The number of nitrogens with one attached hydrogen (secondary N) is 6. The molecular formula is C36H42N8O8. The van der Waals surface area contributed by atoms with Gasteiger partial charge in [0.1, 0.15) is 23.7 Å². The summed E-state index contributed by atoms with van der Waals surface area (Å²) in [6, 6.07) is 11.6. The highest BCUT2D eigenvalue weighted by Gasteiger charge is 2.29. The van der Waals surface area contributed by atoms with E-state index < -0.39 is 60.4 Å². The number of aromatic nitrogens is 4. The van der Waals surface area contributed by atoms with Crippen molar-refractivity contribution < 1.29 is 38.9 Å². The SMILES string of the molecule is COC(=O)NC(C(=O)NC(C)c1ncc(-c2ccc(C#Cc3ccc(-c4cnc(C(C)NC(=O)C(NC(=O)OC)C(C)O)[nH]4)cc3)cc2)[nH]1)C(C)O. The number of hydrogen-bond donors (Lipinski definition) is 8. The van der Waals surface area contributed by atoms with Gasteiger partial charge in [-0.2, -0.15) is 0 Å². The van der Waals surface area contributed by atoms with E-state index in [1.807, 2.05) is 48.5 Å². The molecule has 0 aliphatic carbocycles. The number of ether oxygens (including phenoxy) is 2. The summed E-state index contributed by atoms with van der Waals surface area (Å²) < 4.78 is 9.05. The van der Waals surface area contributed by atoms with Crippen molar-refractivity contribution >= 4 is 24.0 Å². The Balaban J connectivity index is 1.34. The van der Waals surface area contributed by atoms with Crippen LogP contribution in [0.5, 0.6) is 0 Å². The molecule has 274 valence electrons. The maximum absolute atomic E-state index is 12.7. The minimum Gasteiger partial charge on any atom is -0.453 e. The Bertz CT molecular complexity index is 1770. The molecule has 0 saturated heterocycles. The summed E-state index contributed by atoms with van der Waals surface area (Å²) in [6.45, 7) is 6.23. The number of aliphatic hydroxyl groups excluding tert-OH is 2. The number of rotatable bonds is 12. The number of carbonyl (C=O) groups excluding carboxylic acids is 4. The molecule has 2 aromatic heterocycles. The molecule has 52 heavy (non-hydrogen) atoms. The van der Waals surface area contributed by atoms with Crippen LogP contribution in [0.2, 0.25) is 0 Å². The van der Waals surface area contributed by atoms with E-state index in [4.69, 9.17) is 0 Å². The number of aromatic amines is 2. The first-order chi connectivity index (χ1) is 24.8. The predicted molar refractivity (Wildman–Crippen MR) is 189 cm³/mol. The first kappa shape index (κ1) is 38.6. The first-order valence-corrected chi connectivity index (χ1v) is 16.3. The molecule has 0 saturated carbocycles. The summed E-state index contributed by atoms with van der Waals surface area (Å²) in [5.41, 5.74) is 4.76. The second-order valence-corrected chi connectivity index (χ2v) is 11.9. The van der Waals surface area contributed by atoms with Crippen LogP contribution in [0.25, 0.3) is 22.5 Å². The summed E-state index contributed by atoms with van der Waals surface area (Å²) in [5.74, 6) is 6.11. The van der Waals surface area contributed by atoms with Crippen LogP contribution in [0.15, 0.2) is 60.9 Å². The number of aliphatic hydroxyl groups is 2. The molecular weight excluding hydrogens is 672 g/mol. The van der Waals surface area contributed by atoms with E-state index in [0.29, 0.717) is 11.6 Å². The lowest BCUT2D eigenvalue weighted by Crippen LogP contribution is -2.52.